The Morgan fingerprint density at radius 1 is 1.35 bits per heavy atom. The van der Waals surface area contributed by atoms with E-state index < -0.39 is 0 Å². The fourth-order valence-electron chi connectivity index (χ4n) is 3.95. The predicted molar refractivity (Wildman–Crippen MR) is 79.4 cm³/mol. The van der Waals surface area contributed by atoms with Crippen molar-refractivity contribution in [3.05, 3.63) is 17.7 Å². The van der Waals surface area contributed by atoms with Gasteiger partial charge in [0, 0.05) is 43.5 Å². The first-order valence-electron chi connectivity index (χ1n) is 8.19. The number of imidazole rings is 1. The van der Waals surface area contributed by atoms with Gasteiger partial charge in [0.2, 0.25) is 0 Å². The summed E-state index contributed by atoms with van der Waals surface area (Å²) in [5.74, 6) is 1.67. The maximum absolute atomic E-state index is 9.38. The number of aliphatic hydroxyl groups is 1. The van der Waals surface area contributed by atoms with Crippen LogP contribution in [0.15, 0.2) is 6.20 Å². The van der Waals surface area contributed by atoms with Crippen molar-refractivity contribution in [1.82, 2.24) is 14.9 Å². The molecule has 2 fully saturated rings. The van der Waals surface area contributed by atoms with Crippen LogP contribution in [-0.2, 0) is 13.0 Å². The highest BCUT2D eigenvalue weighted by Crippen LogP contribution is 2.39. The molecule has 0 aromatic carbocycles. The van der Waals surface area contributed by atoms with Crippen molar-refractivity contribution >= 4 is 0 Å². The first-order chi connectivity index (χ1) is 9.80. The van der Waals surface area contributed by atoms with Gasteiger partial charge in [-0.2, -0.15) is 0 Å². The summed E-state index contributed by atoms with van der Waals surface area (Å²) in [5, 5.41) is 9.38. The molecule has 0 spiro atoms. The van der Waals surface area contributed by atoms with Gasteiger partial charge in [-0.05, 0) is 38.0 Å². The van der Waals surface area contributed by atoms with Crippen LogP contribution in [0, 0.1) is 5.92 Å². The summed E-state index contributed by atoms with van der Waals surface area (Å²) in [6, 6.07) is 1.35. The van der Waals surface area contributed by atoms with Crippen molar-refractivity contribution in [3.63, 3.8) is 0 Å². The molecule has 1 aromatic heterocycles. The maximum Gasteiger partial charge on any atom is 0.106 e. The first-order valence-corrected chi connectivity index (χ1v) is 8.19. The fraction of sp³-hybridized carbons (Fsp3) is 0.812. The molecule has 1 unspecified atom stereocenters. The highest BCUT2D eigenvalue weighted by atomic mass is 16.3. The van der Waals surface area contributed by atoms with Gasteiger partial charge in [-0.3, -0.25) is 4.90 Å². The quantitative estimate of drug-likeness (QED) is 0.840. The molecule has 0 saturated carbocycles. The number of nitrogens with one attached hydrogen (secondary N) is 1. The topological polar surface area (TPSA) is 52.1 Å². The number of hydrogen-bond acceptors (Lipinski definition) is 3. The van der Waals surface area contributed by atoms with Crippen LogP contribution >= 0.6 is 0 Å². The molecular formula is C16H27N3O. The van der Waals surface area contributed by atoms with E-state index >= 15 is 0 Å². The van der Waals surface area contributed by atoms with Gasteiger partial charge in [0.25, 0.3) is 0 Å². The molecular weight excluding hydrogens is 250 g/mol. The number of hydrogen-bond donors (Lipinski definition) is 2. The van der Waals surface area contributed by atoms with E-state index in [9.17, 15) is 5.11 Å². The Labute approximate surface area is 121 Å². The number of nitrogens with zero attached hydrogens (tertiary/aromatic N) is 2. The Bertz CT molecular complexity index is 417. The van der Waals surface area contributed by atoms with Crippen LogP contribution in [0.25, 0.3) is 0 Å². The summed E-state index contributed by atoms with van der Waals surface area (Å²) in [6.45, 7) is 3.59. The van der Waals surface area contributed by atoms with Crippen molar-refractivity contribution in [3.8, 4) is 0 Å². The van der Waals surface area contributed by atoms with E-state index in [-0.39, 0.29) is 0 Å². The van der Waals surface area contributed by atoms with Crippen LogP contribution < -0.4 is 0 Å². The van der Waals surface area contributed by atoms with Gasteiger partial charge in [0.1, 0.15) is 5.82 Å². The molecule has 0 radical (unpaired) electrons. The van der Waals surface area contributed by atoms with Crippen molar-refractivity contribution in [1.29, 1.82) is 0 Å². The molecule has 2 aliphatic rings. The first kappa shape index (κ1) is 14.1. The van der Waals surface area contributed by atoms with Crippen LogP contribution in [0.5, 0.6) is 0 Å². The van der Waals surface area contributed by atoms with E-state index in [2.05, 4.69) is 21.8 Å². The molecule has 3 atom stereocenters. The van der Waals surface area contributed by atoms with Crippen LogP contribution in [0.4, 0.5) is 0 Å². The molecule has 112 valence electrons. The van der Waals surface area contributed by atoms with E-state index in [0.29, 0.717) is 24.6 Å². The van der Waals surface area contributed by atoms with Crippen LogP contribution in [0.2, 0.25) is 0 Å². The van der Waals surface area contributed by atoms with E-state index in [1.165, 1.54) is 44.2 Å². The number of fused-ring (bicyclic) bond motifs is 2. The molecule has 2 aliphatic heterocycles. The summed E-state index contributed by atoms with van der Waals surface area (Å²) in [7, 11) is 0. The molecule has 20 heavy (non-hydrogen) atoms. The minimum atomic E-state index is 0.367. The summed E-state index contributed by atoms with van der Waals surface area (Å²) < 4.78 is 0. The Morgan fingerprint density at radius 2 is 2.10 bits per heavy atom. The summed E-state index contributed by atoms with van der Waals surface area (Å²) in [4.78, 5) is 10.6. The van der Waals surface area contributed by atoms with Crippen molar-refractivity contribution in [2.45, 2.75) is 70.5 Å². The summed E-state index contributed by atoms with van der Waals surface area (Å²) in [5.41, 5.74) is 1.26. The number of piperidine rings is 1. The highest BCUT2D eigenvalue weighted by Gasteiger charge is 2.40. The molecule has 0 amide bonds. The number of aromatic nitrogens is 2. The molecule has 4 heteroatoms. The van der Waals surface area contributed by atoms with Gasteiger partial charge in [0.15, 0.2) is 0 Å². The Hall–Kier alpha value is -0.870. The molecule has 1 aromatic rings. The second-order valence-corrected chi connectivity index (χ2v) is 6.54. The smallest absolute Gasteiger partial charge is 0.106 e. The minimum Gasteiger partial charge on any atom is -0.396 e. The molecule has 0 aliphatic carbocycles. The molecule has 4 nitrogen and oxygen atoms in total. The zero-order valence-electron chi connectivity index (χ0n) is 12.5. The molecule has 2 N–H and O–H groups in total. The van der Waals surface area contributed by atoms with Crippen molar-refractivity contribution in [2.75, 3.05) is 6.61 Å². The molecule has 2 saturated heterocycles. The lowest BCUT2D eigenvalue weighted by Gasteiger charge is -2.38. The average Bonchev–Trinajstić information content (AvgIpc) is 2.99. The van der Waals surface area contributed by atoms with Crippen molar-refractivity contribution < 1.29 is 5.11 Å². The van der Waals surface area contributed by atoms with Gasteiger partial charge in [-0.1, -0.05) is 13.3 Å². The number of rotatable bonds is 6. The molecule has 3 heterocycles. The SMILES string of the molecule is CCCCc1ncc(CN2[C@@H]3CC[C@H]2CC(CO)C3)[nH]1. The molecule has 2 bridgehead atoms. The van der Waals surface area contributed by atoms with Gasteiger partial charge in [0.05, 0.1) is 0 Å². The Kier molecular flexibility index (Phi) is 4.41. The van der Waals surface area contributed by atoms with Gasteiger partial charge < -0.3 is 10.1 Å². The summed E-state index contributed by atoms with van der Waals surface area (Å²) >= 11 is 0. The number of H-pyrrole nitrogens is 1. The summed E-state index contributed by atoms with van der Waals surface area (Å²) in [6.07, 6.45) is 10.5. The standard InChI is InChI=1S/C16H27N3O/c1-2-3-4-16-17-9-13(18-16)10-19-14-5-6-15(19)8-12(7-14)11-20/h9,12,14-15,20H,2-8,10-11H2,1H3,(H,17,18)/t12?,14-,15+. The highest BCUT2D eigenvalue weighted by molar-refractivity contribution is 5.05. The number of aryl methyl sites for hydroxylation is 1. The fourth-order valence-corrected chi connectivity index (χ4v) is 3.95. The van der Waals surface area contributed by atoms with Crippen LogP contribution in [-0.4, -0.2) is 38.7 Å². The number of aliphatic hydroxyl groups excluding tert-OH is 1. The van der Waals surface area contributed by atoms with E-state index in [0.717, 1.165) is 18.8 Å². The van der Waals surface area contributed by atoms with Gasteiger partial charge in [-0.25, -0.2) is 4.98 Å². The number of unbranched alkanes of at least 4 members (excludes halogenated alkanes) is 1. The third-order valence-electron chi connectivity index (χ3n) is 5.04. The third-order valence-corrected chi connectivity index (χ3v) is 5.04. The second kappa shape index (κ2) is 6.27. The zero-order valence-corrected chi connectivity index (χ0v) is 12.5. The lowest BCUT2D eigenvalue weighted by Crippen LogP contribution is -2.43. The van der Waals surface area contributed by atoms with Crippen LogP contribution in [0.3, 0.4) is 0 Å². The largest absolute Gasteiger partial charge is 0.396 e. The van der Waals surface area contributed by atoms with Crippen LogP contribution in [0.1, 0.15) is 57.0 Å². The second-order valence-electron chi connectivity index (χ2n) is 6.54. The number of aromatic amines is 1. The lowest BCUT2D eigenvalue weighted by molar-refractivity contribution is 0.0675. The molecule has 3 rings (SSSR count). The normalized spacial score (nSPS) is 30.0. The maximum atomic E-state index is 9.38. The van der Waals surface area contributed by atoms with Crippen molar-refractivity contribution in [2.24, 2.45) is 5.92 Å². The van der Waals surface area contributed by atoms with E-state index in [1.807, 2.05) is 6.20 Å². The Balaban J connectivity index is 1.59. The van der Waals surface area contributed by atoms with Gasteiger partial charge >= 0.3 is 0 Å². The third kappa shape index (κ3) is 2.91. The monoisotopic (exact) mass is 277 g/mol. The minimum absolute atomic E-state index is 0.367. The van der Waals surface area contributed by atoms with Gasteiger partial charge in [-0.15, -0.1) is 0 Å². The van der Waals surface area contributed by atoms with E-state index in [4.69, 9.17) is 0 Å². The average molecular weight is 277 g/mol. The predicted octanol–water partition coefficient (Wildman–Crippen LogP) is 2.49. The Morgan fingerprint density at radius 3 is 2.75 bits per heavy atom. The van der Waals surface area contributed by atoms with E-state index in [1.54, 1.807) is 0 Å². The lowest BCUT2D eigenvalue weighted by atomic mass is 9.91. The zero-order chi connectivity index (χ0) is 13.9.